The normalized spacial score (nSPS) is 17.2. The molecule has 0 aliphatic heterocycles. The molecule has 0 spiro atoms. The first kappa shape index (κ1) is 11.4. The Labute approximate surface area is 95.1 Å². The van der Waals surface area contributed by atoms with Crippen LogP contribution >= 0.6 is 0 Å². The van der Waals surface area contributed by atoms with Crippen LogP contribution in [0.3, 0.4) is 0 Å². The van der Waals surface area contributed by atoms with Crippen molar-refractivity contribution in [2.75, 3.05) is 7.11 Å². The third-order valence-electron chi connectivity index (χ3n) is 3.18. The number of hydrogen-bond acceptors (Lipinski definition) is 2. The predicted molar refractivity (Wildman–Crippen MR) is 60.2 cm³/mol. The Morgan fingerprint density at radius 2 is 2.06 bits per heavy atom. The van der Waals surface area contributed by atoms with Gasteiger partial charge in [0.25, 0.3) is 0 Å². The van der Waals surface area contributed by atoms with Crippen LogP contribution in [-0.2, 0) is 12.8 Å². The van der Waals surface area contributed by atoms with E-state index in [0.717, 1.165) is 18.4 Å². The van der Waals surface area contributed by atoms with Crippen LogP contribution in [0.15, 0.2) is 12.1 Å². The third kappa shape index (κ3) is 2.19. The van der Waals surface area contributed by atoms with Crippen LogP contribution in [0.5, 0.6) is 5.75 Å². The van der Waals surface area contributed by atoms with Crippen molar-refractivity contribution in [1.82, 2.24) is 0 Å². The number of aryl methyl sites for hydroxylation is 1. The van der Waals surface area contributed by atoms with Crippen molar-refractivity contribution in [3.8, 4) is 5.75 Å². The zero-order chi connectivity index (χ0) is 11.8. The molecule has 0 radical (unpaired) electrons. The highest BCUT2D eigenvalue weighted by molar-refractivity contribution is 5.40. The zero-order valence-corrected chi connectivity index (χ0v) is 9.72. The van der Waals surface area contributed by atoms with Gasteiger partial charge in [-0.05, 0) is 36.5 Å². The first-order chi connectivity index (χ1) is 7.58. The van der Waals surface area contributed by atoms with Gasteiger partial charge in [-0.15, -0.1) is 0 Å². The average molecular weight is 224 g/mol. The molecule has 1 saturated carbocycles. The third-order valence-corrected chi connectivity index (χ3v) is 3.18. The number of aliphatic hydroxyl groups is 1. The van der Waals surface area contributed by atoms with Crippen molar-refractivity contribution in [1.29, 1.82) is 0 Å². The van der Waals surface area contributed by atoms with E-state index in [0.29, 0.717) is 24.2 Å². The van der Waals surface area contributed by atoms with Crippen molar-refractivity contribution in [2.24, 2.45) is 0 Å². The Balaban J connectivity index is 2.33. The van der Waals surface area contributed by atoms with Crippen molar-refractivity contribution in [3.05, 3.63) is 29.1 Å². The van der Waals surface area contributed by atoms with Gasteiger partial charge in [0.05, 0.1) is 12.7 Å². The fourth-order valence-corrected chi connectivity index (χ4v) is 1.93. The first-order valence-corrected chi connectivity index (χ1v) is 5.65. The largest absolute Gasteiger partial charge is 0.496 e. The molecule has 0 unspecified atom stereocenters. The molecule has 0 bridgehead atoms. The van der Waals surface area contributed by atoms with Gasteiger partial charge in [0.15, 0.2) is 0 Å². The predicted octanol–water partition coefficient (Wildman–Crippen LogP) is 2.46. The lowest BCUT2D eigenvalue weighted by Crippen LogP contribution is -2.12. The monoisotopic (exact) mass is 224 g/mol. The lowest BCUT2D eigenvalue weighted by Gasteiger charge is -2.14. The maximum Gasteiger partial charge on any atom is 0.130 e. The molecule has 1 N–H and O–H groups in total. The fraction of sp³-hybridized carbons (Fsp3) is 0.538. The van der Waals surface area contributed by atoms with Gasteiger partial charge in [0, 0.05) is 12.5 Å². The van der Waals surface area contributed by atoms with Crippen LogP contribution in [0.2, 0.25) is 0 Å². The second-order valence-corrected chi connectivity index (χ2v) is 4.51. The quantitative estimate of drug-likeness (QED) is 0.851. The number of benzene rings is 1. The molecule has 3 heteroatoms. The number of rotatable bonds is 4. The van der Waals surface area contributed by atoms with E-state index in [1.165, 1.54) is 13.2 Å². The van der Waals surface area contributed by atoms with E-state index < -0.39 is 5.60 Å². The van der Waals surface area contributed by atoms with E-state index in [9.17, 15) is 9.50 Å². The Morgan fingerprint density at radius 1 is 1.38 bits per heavy atom. The summed E-state index contributed by atoms with van der Waals surface area (Å²) >= 11 is 0. The SMILES string of the molecule is CCc1cc(CC2(O)CC2)c(OC)cc1F. The average Bonchev–Trinajstić information content (AvgIpc) is 2.98. The van der Waals surface area contributed by atoms with Gasteiger partial charge in [0.2, 0.25) is 0 Å². The smallest absolute Gasteiger partial charge is 0.130 e. The van der Waals surface area contributed by atoms with Crippen LogP contribution in [0.4, 0.5) is 4.39 Å². The van der Waals surface area contributed by atoms with Crippen LogP contribution in [-0.4, -0.2) is 17.8 Å². The second kappa shape index (κ2) is 4.06. The molecular weight excluding hydrogens is 207 g/mol. The topological polar surface area (TPSA) is 29.5 Å². The van der Waals surface area contributed by atoms with Crippen LogP contribution in [0, 0.1) is 5.82 Å². The summed E-state index contributed by atoms with van der Waals surface area (Å²) in [6, 6.07) is 3.23. The van der Waals surface area contributed by atoms with Gasteiger partial charge in [-0.2, -0.15) is 0 Å². The Bertz CT molecular complexity index is 397. The molecule has 0 saturated heterocycles. The number of ether oxygens (including phenoxy) is 1. The van der Waals surface area contributed by atoms with E-state index in [1.54, 1.807) is 0 Å². The van der Waals surface area contributed by atoms with E-state index in [1.807, 2.05) is 13.0 Å². The summed E-state index contributed by atoms with van der Waals surface area (Å²) < 4.78 is 18.7. The zero-order valence-electron chi connectivity index (χ0n) is 9.72. The molecule has 2 rings (SSSR count). The fourth-order valence-electron chi connectivity index (χ4n) is 1.93. The van der Waals surface area contributed by atoms with Gasteiger partial charge in [-0.1, -0.05) is 6.92 Å². The Morgan fingerprint density at radius 3 is 2.56 bits per heavy atom. The molecule has 1 aliphatic carbocycles. The van der Waals surface area contributed by atoms with E-state index in [-0.39, 0.29) is 5.82 Å². The minimum absolute atomic E-state index is 0.231. The van der Waals surface area contributed by atoms with Crippen LogP contribution in [0.25, 0.3) is 0 Å². The standard InChI is InChI=1S/C13H17FO2/c1-3-9-6-10(8-13(15)4-5-13)12(16-2)7-11(9)14/h6-7,15H,3-5,8H2,1-2H3. The molecule has 1 fully saturated rings. The summed E-state index contributed by atoms with van der Waals surface area (Å²) in [5.74, 6) is 0.306. The summed E-state index contributed by atoms with van der Waals surface area (Å²) in [7, 11) is 1.53. The highest BCUT2D eigenvalue weighted by atomic mass is 19.1. The molecule has 0 heterocycles. The number of methoxy groups -OCH3 is 1. The highest BCUT2D eigenvalue weighted by Crippen LogP contribution is 2.40. The van der Waals surface area contributed by atoms with Gasteiger partial charge >= 0.3 is 0 Å². The molecule has 2 nitrogen and oxygen atoms in total. The maximum absolute atomic E-state index is 13.5. The Hall–Kier alpha value is -1.09. The molecule has 1 aliphatic rings. The molecule has 16 heavy (non-hydrogen) atoms. The maximum atomic E-state index is 13.5. The van der Waals surface area contributed by atoms with Gasteiger partial charge in [-0.25, -0.2) is 4.39 Å². The van der Waals surface area contributed by atoms with Crippen molar-refractivity contribution >= 4 is 0 Å². The van der Waals surface area contributed by atoms with E-state index >= 15 is 0 Å². The lowest BCUT2D eigenvalue weighted by molar-refractivity contribution is 0.150. The summed E-state index contributed by atoms with van der Waals surface area (Å²) in [4.78, 5) is 0. The summed E-state index contributed by atoms with van der Waals surface area (Å²) in [6.45, 7) is 1.92. The van der Waals surface area contributed by atoms with Crippen molar-refractivity contribution in [3.63, 3.8) is 0 Å². The van der Waals surface area contributed by atoms with Crippen LogP contribution < -0.4 is 4.74 Å². The molecular formula is C13H17FO2. The summed E-state index contributed by atoms with van der Waals surface area (Å²) in [5, 5.41) is 9.89. The molecule has 1 aromatic rings. The van der Waals surface area contributed by atoms with Gasteiger partial charge in [-0.3, -0.25) is 0 Å². The highest BCUT2D eigenvalue weighted by Gasteiger charge is 2.40. The molecule has 1 aromatic carbocycles. The summed E-state index contributed by atoms with van der Waals surface area (Å²) in [5.41, 5.74) is 1.01. The number of halogens is 1. The van der Waals surface area contributed by atoms with E-state index in [4.69, 9.17) is 4.74 Å². The minimum atomic E-state index is -0.573. The van der Waals surface area contributed by atoms with Gasteiger partial charge in [0.1, 0.15) is 11.6 Å². The lowest BCUT2D eigenvalue weighted by atomic mass is 10.0. The van der Waals surface area contributed by atoms with E-state index in [2.05, 4.69) is 0 Å². The van der Waals surface area contributed by atoms with Crippen LogP contribution in [0.1, 0.15) is 30.9 Å². The summed E-state index contributed by atoms with van der Waals surface area (Å²) in [6.07, 6.45) is 2.87. The minimum Gasteiger partial charge on any atom is -0.496 e. The molecule has 88 valence electrons. The van der Waals surface area contributed by atoms with Crippen molar-refractivity contribution in [2.45, 2.75) is 38.2 Å². The molecule has 0 amide bonds. The number of hydrogen-bond donors (Lipinski definition) is 1. The first-order valence-electron chi connectivity index (χ1n) is 5.65. The van der Waals surface area contributed by atoms with Gasteiger partial charge < -0.3 is 9.84 Å². The Kier molecular flexibility index (Phi) is 2.89. The molecule has 0 atom stereocenters. The van der Waals surface area contributed by atoms with Crippen molar-refractivity contribution < 1.29 is 14.2 Å². The molecule has 0 aromatic heterocycles. The second-order valence-electron chi connectivity index (χ2n) is 4.51.